The van der Waals surface area contributed by atoms with E-state index in [9.17, 15) is 10.1 Å². The van der Waals surface area contributed by atoms with Crippen molar-refractivity contribution in [2.45, 2.75) is 26.8 Å². The lowest BCUT2D eigenvalue weighted by Gasteiger charge is -2.20. The Kier molecular flexibility index (Phi) is 4.73. The Morgan fingerprint density at radius 3 is 2.56 bits per heavy atom. The lowest BCUT2D eigenvalue weighted by atomic mass is 10.1. The van der Waals surface area contributed by atoms with Crippen LogP contribution in [0.15, 0.2) is 47.2 Å². The SMILES string of the molecule is Cc1c(C#N)c(NC(=O)c2ccsc2)n(C(C)c2ccccc2)c1C. The predicted molar refractivity (Wildman–Crippen MR) is 101 cm³/mol. The van der Waals surface area contributed by atoms with Gasteiger partial charge in [0.2, 0.25) is 0 Å². The summed E-state index contributed by atoms with van der Waals surface area (Å²) in [5.74, 6) is 0.363. The van der Waals surface area contributed by atoms with Gasteiger partial charge in [-0.15, -0.1) is 0 Å². The first-order valence-electron chi connectivity index (χ1n) is 8.04. The highest BCUT2D eigenvalue weighted by molar-refractivity contribution is 7.08. The Morgan fingerprint density at radius 2 is 1.96 bits per heavy atom. The second-order valence-electron chi connectivity index (χ2n) is 5.97. The van der Waals surface area contributed by atoms with Gasteiger partial charge in [0, 0.05) is 11.1 Å². The monoisotopic (exact) mass is 349 g/mol. The zero-order valence-electron chi connectivity index (χ0n) is 14.4. The minimum Gasteiger partial charge on any atom is -0.323 e. The van der Waals surface area contributed by atoms with Gasteiger partial charge in [0.25, 0.3) is 5.91 Å². The standard InChI is InChI=1S/C20H19N3OS/c1-13-14(2)23(15(3)16-7-5-4-6-8-16)19(18(13)11-21)22-20(24)17-9-10-25-12-17/h4-10,12,15H,1-3H3,(H,22,24). The van der Waals surface area contributed by atoms with Gasteiger partial charge in [-0.3, -0.25) is 4.79 Å². The van der Waals surface area contributed by atoms with Crippen LogP contribution in [0.4, 0.5) is 5.82 Å². The third-order valence-electron chi connectivity index (χ3n) is 4.55. The van der Waals surface area contributed by atoms with Crippen LogP contribution in [0.5, 0.6) is 0 Å². The van der Waals surface area contributed by atoms with E-state index in [0.717, 1.165) is 16.8 Å². The fourth-order valence-corrected chi connectivity index (χ4v) is 3.66. The molecule has 25 heavy (non-hydrogen) atoms. The van der Waals surface area contributed by atoms with Crippen LogP contribution in [0.3, 0.4) is 0 Å². The van der Waals surface area contributed by atoms with Gasteiger partial charge < -0.3 is 9.88 Å². The molecule has 0 aliphatic heterocycles. The average Bonchev–Trinajstić information content (AvgIpc) is 3.24. The van der Waals surface area contributed by atoms with E-state index in [-0.39, 0.29) is 11.9 Å². The van der Waals surface area contributed by atoms with E-state index in [1.165, 1.54) is 11.3 Å². The summed E-state index contributed by atoms with van der Waals surface area (Å²) in [7, 11) is 0. The maximum absolute atomic E-state index is 12.5. The molecule has 1 N–H and O–H groups in total. The molecule has 3 rings (SSSR count). The van der Waals surface area contributed by atoms with E-state index in [2.05, 4.69) is 30.4 Å². The summed E-state index contributed by atoms with van der Waals surface area (Å²) in [6, 6.07) is 14.1. The number of benzene rings is 1. The Morgan fingerprint density at radius 1 is 1.24 bits per heavy atom. The second-order valence-corrected chi connectivity index (χ2v) is 6.75. The molecule has 0 aliphatic carbocycles. The summed E-state index contributed by atoms with van der Waals surface area (Å²) in [6.07, 6.45) is 0. The number of hydrogen-bond acceptors (Lipinski definition) is 3. The highest BCUT2D eigenvalue weighted by Crippen LogP contribution is 2.33. The Labute approximate surface area is 151 Å². The maximum Gasteiger partial charge on any atom is 0.257 e. The Bertz CT molecular complexity index is 934. The van der Waals surface area contributed by atoms with E-state index in [1.54, 1.807) is 11.4 Å². The number of thiophene rings is 1. The number of anilines is 1. The summed E-state index contributed by atoms with van der Waals surface area (Å²) in [5, 5.41) is 16.2. The molecule has 0 radical (unpaired) electrons. The summed E-state index contributed by atoms with van der Waals surface area (Å²) in [5.41, 5.74) is 4.11. The van der Waals surface area contributed by atoms with E-state index >= 15 is 0 Å². The van der Waals surface area contributed by atoms with Gasteiger partial charge in [-0.2, -0.15) is 16.6 Å². The minimum atomic E-state index is -0.197. The predicted octanol–water partition coefficient (Wildman–Crippen LogP) is 4.90. The van der Waals surface area contributed by atoms with Crippen molar-refractivity contribution >= 4 is 23.1 Å². The molecule has 1 atom stereocenters. The average molecular weight is 349 g/mol. The highest BCUT2D eigenvalue weighted by atomic mass is 32.1. The van der Waals surface area contributed by atoms with Crippen molar-refractivity contribution in [1.82, 2.24) is 4.57 Å². The summed E-state index contributed by atoms with van der Waals surface area (Å²) >= 11 is 1.47. The number of aromatic nitrogens is 1. The molecule has 0 saturated carbocycles. The number of nitrogens with one attached hydrogen (secondary N) is 1. The van der Waals surface area contributed by atoms with Gasteiger partial charge in [0.15, 0.2) is 0 Å². The van der Waals surface area contributed by atoms with E-state index < -0.39 is 0 Å². The molecule has 0 saturated heterocycles. The fourth-order valence-electron chi connectivity index (χ4n) is 3.02. The number of amides is 1. The van der Waals surface area contributed by atoms with Crippen LogP contribution in [0.2, 0.25) is 0 Å². The highest BCUT2D eigenvalue weighted by Gasteiger charge is 2.23. The first-order valence-corrected chi connectivity index (χ1v) is 8.98. The van der Waals surface area contributed by atoms with E-state index in [1.807, 2.05) is 42.0 Å². The van der Waals surface area contributed by atoms with Crippen molar-refractivity contribution in [1.29, 1.82) is 5.26 Å². The molecule has 3 aromatic rings. The Balaban J connectivity index is 2.09. The number of rotatable bonds is 4. The molecule has 0 aliphatic rings. The second kappa shape index (κ2) is 6.96. The summed E-state index contributed by atoms with van der Waals surface area (Å²) in [4.78, 5) is 12.5. The molecule has 0 bridgehead atoms. The molecule has 4 nitrogen and oxygen atoms in total. The molecule has 126 valence electrons. The van der Waals surface area contributed by atoms with Crippen LogP contribution in [0.25, 0.3) is 0 Å². The van der Waals surface area contributed by atoms with Crippen LogP contribution in [-0.2, 0) is 0 Å². The van der Waals surface area contributed by atoms with Gasteiger partial charge >= 0.3 is 0 Å². The molecule has 0 fully saturated rings. The van der Waals surface area contributed by atoms with Crippen molar-refractivity contribution < 1.29 is 4.79 Å². The van der Waals surface area contributed by atoms with Crippen LogP contribution >= 0.6 is 11.3 Å². The van der Waals surface area contributed by atoms with E-state index in [4.69, 9.17) is 0 Å². The number of carbonyl (C=O) groups is 1. The molecular weight excluding hydrogens is 330 g/mol. The van der Waals surface area contributed by atoms with Crippen LogP contribution < -0.4 is 5.32 Å². The molecule has 2 aromatic heterocycles. The summed E-state index contributed by atoms with van der Waals surface area (Å²) in [6.45, 7) is 5.97. The largest absolute Gasteiger partial charge is 0.323 e. The van der Waals surface area contributed by atoms with Gasteiger partial charge in [-0.25, -0.2) is 0 Å². The molecule has 2 heterocycles. The quantitative estimate of drug-likeness (QED) is 0.728. The van der Waals surface area contributed by atoms with Crippen molar-refractivity contribution in [3.05, 3.63) is 75.1 Å². The zero-order valence-corrected chi connectivity index (χ0v) is 15.2. The minimum absolute atomic E-state index is 0.000209. The third-order valence-corrected chi connectivity index (χ3v) is 5.24. The van der Waals surface area contributed by atoms with E-state index in [0.29, 0.717) is 16.9 Å². The number of nitriles is 1. The van der Waals surface area contributed by atoms with Crippen molar-refractivity contribution in [3.8, 4) is 6.07 Å². The topological polar surface area (TPSA) is 57.8 Å². The van der Waals surface area contributed by atoms with Gasteiger partial charge in [0.05, 0.1) is 17.2 Å². The molecule has 0 spiro atoms. The number of hydrogen-bond donors (Lipinski definition) is 1. The van der Waals surface area contributed by atoms with Crippen molar-refractivity contribution in [3.63, 3.8) is 0 Å². The molecule has 1 unspecified atom stereocenters. The first kappa shape index (κ1) is 17.0. The first-order chi connectivity index (χ1) is 12.0. The maximum atomic E-state index is 12.5. The summed E-state index contributed by atoms with van der Waals surface area (Å²) < 4.78 is 2.04. The lowest BCUT2D eigenvalue weighted by molar-refractivity contribution is 0.102. The normalized spacial score (nSPS) is 11.8. The van der Waals surface area contributed by atoms with Crippen molar-refractivity contribution in [2.24, 2.45) is 0 Å². The van der Waals surface area contributed by atoms with Crippen LogP contribution in [0, 0.1) is 25.2 Å². The lowest BCUT2D eigenvalue weighted by Crippen LogP contribution is -2.18. The van der Waals surface area contributed by atoms with Gasteiger partial charge in [0.1, 0.15) is 11.9 Å². The molecule has 5 heteroatoms. The van der Waals surface area contributed by atoms with Gasteiger partial charge in [-0.05, 0) is 43.3 Å². The fraction of sp³-hybridized carbons (Fsp3) is 0.200. The molecular formula is C20H19N3OS. The third kappa shape index (κ3) is 3.09. The number of carbonyl (C=O) groups excluding carboxylic acids is 1. The van der Waals surface area contributed by atoms with Crippen LogP contribution in [0.1, 0.15) is 45.7 Å². The zero-order chi connectivity index (χ0) is 18.0. The van der Waals surface area contributed by atoms with Crippen LogP contribution in [-0.4, -0.2) is 10.5 Å². The molecule has 1 aromatic carbocycles. The number of nitrogens with zero attached hydrogens (tertiary/aromatic N) is 2. The Hall–Kier alpha value is -2.84. The smallest absolute Gasteiger partial charge is 0.257 e. The van der Waals surface area contributed by atoms with Gasteiger partial charge in [-0.1, -0.05) is 30.3 Å². The molecule has 1 amide bonds. The van der Waals surface area contributed by atoms with Crippen molar-refractivity contribution in [2.75, 3.05) is 5.32 Å².